The van der Waals surface area contributed by atoms with Crippen LogP contribution < -0.4 is 4.74 Å². The van der Waals surface area contributed by atoms with Gasteiger partial charge in [-0.1, -0.05) is 0 Å². The molecule has 1 aromatic rings. The Morgan fingerprint density at radius 3 is 2.31 bits per heavy atom. The lowest BCUT2D eigenvalue weighted by Gasteiger charge is -2.32. The number of ether oxygens (including phenoxy) is 1. The average Bonchev–Trinajstić information content (AvgIpc) is 3.40. The minimum Gasteiger partial charge on any atom is -0.493 e. The molecule has 1 saturated carbocycles. The van der Waals surface area contributed by atoms with Crippen LogP contribution in [0, 0.1) is 11.8 Å². The SMILES string of the molecule is O=C(c1ccc(OC[C@@H]2CCCN(C(=O)C3CC3)C2)cc1)N1CCCC1. The standard InChI is InChI=1S/C21H28N2O3/c24-20(22-11-1-2-12-22)18-7-9-19(10-8-18)26-15-16-4-3-13-23(14-16)21(25)17-5-6-17/h7-10,16-17H,1-6,11-15H2/t16-/m1/s1. The molecule has 1 aromatic carbocycles. The molecular formula is C21H28N2O3. The van der Waals surface area contributed by atoms with Gasteiger partial charge in [0.2, 0.25) is 5.91 Å². The molecule has 0 bridgehead atoms. The molecule has 3 fully saturated rings. The first-order chi connectivity index (χ1) is 12.7. The maximum absolute atomic E-state index is 12.4. The summed E-state index contributed by atoms with van der Waals surface area (Å²) in [6.45, 7) is 4.09. The molecule has 1 atom stereocenters. The number of piperidine rings is 1. The van der Waals surface area contributed by atoms with Gasteiger partial charge in [-0.25, -0.2) is 0 Å². The fraction of sp³-hybridized carbons (Fsp3) is 0.619. The highest BCUT2D eigenvalue weighted by Crippen LogP contribution is 2.32. The summed E-state index contributed by atoms with van der Waals surface area (Å²) < 4.78 is 5.95. The van der Waals surface area contributed by atoms with Crippen molar-refractivity contribution < 1.29 is 14.3 Å². The van der Waals surface area contributed by atoms with Crippen molar-refractivity contribution in [1.82, 2.24) is 9.80 Å². The van der Waals surface area contributed by atoms with Gasteiger partial charge in [-0.15, -0.1) is 0 Å². The van der Waals surface area contributed by atoms with E-state index in [0.717, 1.165) is 76.0 Å². The fourth-order valence-corrected chi connectivity index (χ4v) is 4.00. The highest BCUT2D eigenvalue weighted by molar-refractivity contribution is 5.94. The van der Waals surface area contributed by atoms with Crippen molar-refractivity contribution in [2.45, 2.75) is 38.5 Å². The molecule has 2 saturated heterocycles. The van der Waals surface area contributed by atoms with Crippen LogP contribution >= 0.6 is 0 Å². The Balaban J connectivity index is 1.27. The minimum atomic E-state index is 0.121. The Hall–Kier alpha value is -2.04. The lowest BCUT2D eigenvalue weighted by atomic mass is 9.98. The molecule has 140 valence electrons. The molecule has 26 heavy (non-hydrogen) atoms. The summed E-state index contributed by atoms with van der Waals surface area (Å²) in [5, 5.41) is 0. The van der Waals surface area contributed by atoms with E-state index >= 15 is 0 Å². The average molecular weight is 356 g/mol. The van der Waals surface area contributed by atoms with E-state index < -0.39 is 0 Å². The first kappa shape index (κ1) is 17.4. The van der Waals surface area contributed by atoms with E-state index in [4.69, 9.17) is 4.74 Å². The van der Waals surface area contributed by atoms with Gasteiger partial charge in [0.25, 0.3) is 5.91 Å². The fourth-order valence-electron chi connectivity index (χ4n) is 4.00. The second-order valence-corrected chi connectivity index (χ2v) is 7.90. The minimum absolute atomic E-state index is 0.121. The van der Waals surface area contributed by atoms with E-state index in [2.05, 4.69) is 0 Å². The van der Waals surface area contributed by atoms with Gasteiger partial charge in [0, 0.05) is 43.6 Å². The third kappa shape index (κ3) is 4.02. The normalized spacial score (nSPS) is 23.2. The molecule has 3 aliphatic rings. The molecule has 0 unspecified atom stereocenters. The number of carbonyl (C=O) groups excluding carboxylic acids is 2. The highest BCUT2D eigenvalue weighted by Gasteiger charge is 2.35. The molecule has 2 aliphatic heterocycles. The van der Waals surface area contributed by atoms with Crippen LogP contribution in [0.15, 0.2) is 24.3 Å². The number of carbonyl (C=O) groups is 2. The predicted molar refractivity (Wildman–Crippen MR) is 99.1 cm³/mol. The summed E-state index contributed by atoms with van der Waals surface area (Å²) in [6, 6.07) is 7.50. The predicted octanol–water partition coefficient (Wildman–Crippen LogP) is 2.95. The molecule has 2 amide bonds. The van der Waals surface area contributed by atoms with Gasteiger partial charge in [0.05, 0.1) is 6.61 Å². The summed E-state index contributed by atoms with van der Waals surface area (Å²) in [4.78, 5) is 28.6. The van der Waals surface area contributed by atoms with Gasteiger partial charge < -0.3 is 14.5 Å². The summed E-state index contributed by atoms with van der Waals surface area (Å²) in [5.74, 6) is 1.97. The van der Waals surface area contributed by atoms with Crippen molar-refractivity contribution in [2.24, 2.45) is 11.8 Å². The van der Waals surface area contributed by atoms with Crippen LogP contribution in [0.2, 0.25) is 0 Å². The van der Waals surface area contributed by atoms with Crippen molar-refractivity contribution in [3.63, 3.8) is 0 Å². The maximum Gasteiger partial charge on any atom is 0.253 e. The summed E-state index contributed by atoms with van der Waals surface area (Å²) >= 11 is 0. The highest BCUT2D eigenvalue weighted by atomic mass is 16.5. The van der Waals surface area contributed by atoms with E-state index in [9.17, 15) is 9.59 Å². The molecule has 5 nitrogen and oxygen atoms in total. The number of nitrogens with zero attached hydrogens (tertiary/aromatic N) is 2. The number of benzene rings is 1. The van der Waals surface area contributed by atoms with Crippen LogP contribution in [0.3, 0.4) is 0 Å². The Labute approximate surface area is 155 Å². The second-order valence-electron chi connectivity index (χ2n) is 7.90. The number of rotatable bonds is 5. The van der Waals surface area contributed by atoms with Gasteiger partial charge in [-0.05, 0) is 62.8 Å². The largest absolute Gasteiger partial charge is 0.493 e. The zero-order valence-corrected chi connectivity index (χ0v) is 15.4. The smallest absolute Gasteiger partial charge is 0.253 e. The third-order valence-electron chi connectivity index (χ3n) is 5.74. The molecule has 5 heteroatoms. The van der Waals surface area contributed by atoms with E-state index in [0.29, 0.717) is 24.3 Å². The van der Waals surface area contributed by atoms with Crippen LogP contribution in [0.5, 0.6) is 5.75 Å². The summed E-state index contributed by atoms with van der Waals surface area (Å²) in [6.07, 6.45) is 6.52. The molecule has 0 spiro atoms. The third-order valence-corrected chi connectivity index (χ3v) is 5.74. The Bertz CT molecular complexity index is 648. The lowest BCUT2D eigenvalue weighted by Crippen LogP contribution is -2.42. The van der Waals surface area contributed by atoms with Crippen molar-refractivity contribution in [3.8, 4) is 5.75 Å². The van der Waals surface area contributed by atoms with E-state index in [1.54, 1.807) is 0 Å². The quantitative estimate of drug-likeness (QED) is 0.815. The van der Waals surface area contributed by atoms with Crippen molar-refractivity contribution >= 4 is 11.8 Å². The van der Waals surface area contributed by atoms with Crippen LogP contribution in [-0.2, 0) is 4.79 Å². The first-order valence-corrected chi connectivity index (χ1v) is 10.0. The van der Waals surface area contributed by atoms with Gasteiger partial charge in [-0.2, -0.15) is 0 Å². The Kier molecular flexibility index (Phi) is 5.14. The number of amides is 2. The van der Waals surface area contributed by atoms with Crippen molar-refractivity contribution in [3.05, 3.63) is 29.8 Å². The first-order valence-electron chi connectivity index (χ1n) is 10.0. The topological polar surface area (TPSA) is 49.9 Å². The van der Waals surface area contributed by atoms with Crippen LogP contribution in [-0.4, -0.2) is 54.4 Å². The van der Waals surface area contributed by atoms with Crippen molar-refractivity contribution in [1.29, 1.82) is 0 Å². The molecule has 2 heterocycles. The van der Waals surface area contributed by atoms with Crippen molar-refractivity contribution in [2.75, 3.05) is 32.8 Å². The van der Waals surface area contributed by atoms with Crippen LogP contribution in [0.1, 0.15) is 48.9 Å². The molecule has 0 radical (unpaired) electrons. The van der Waals surface area contributed by atoms with E-state index in [-0.39, 0.29) is 5.91 Å². The Morgan fingerprint density at radius 2 is 1.62 bits per heavy atom. The number of hydrogen-bond donors (Lipinski definition) is 0. The lowest BCUT2D eigenvalue weighted by molar-refractivity contribution is -0.134. The van der Waals surface area contributed by atoms with Gasteiger partial charge in [-0.3, -0.25) is 9.59 Å². The summed E-state index contributed by atoms with van der Waals surface area (Å²) in [7, 11) is 0. The van der Waals surface area contributed by atoms with Crippen LogP contribution in [0.4, 0.5) is 0 Å². The van der Waals surface area contributed by atoms with E-state index in [1.807, 2.05) is 34.1 Å². The zero-order valence-electron chi connectivity index (χ0n) is 15.4. The Morgan fingerprint density at radius 1 is 0.923 bits per heavy atom. The van der Waals surface area contributed by atoms with E-state index in [1.165, 1.54) is 0 Å². The zero-order chi connectivity index (χ0) is 17.9. The summed E-state index contributed by atoms with van der Waals surface area (Å²) in [5.41, 5.74) is 0.734. The molecule has 0 aromatic heterocycles. The monoisotopic (exact) mass is 356 g/mol. The second kappa shape index (κ2) is 7.68. The van der Waals surface area contributed by atoms with Crippen LogP contribution in [0.25, 0.3) is 0 Å². The number of hydrogen-bond acceptors (Lipinski definition) is 3. The van der Waals surface area contributed by atoms with Gasteiger partial charge in [0.1, 0.15) is 5.75 Å². The molecule has 4 rings (SSSR count). The maximum atomic E-state index is 12.4. The molecular weight excluding hydrogens is 328 g/mol. The van der Waals surface area contributed by atoms with Gasteiger partial charge in [0.15, 0.2) is 0 Å². The molecule has 1 aliphatic carbocycles. The molecule has 0 N–H and O–H groups in total. The number of likely N-dealkylation sites (tertiary alicyclic amines) is 2. The van der Waals surface area contributed by atoms with Gasteiger partial charge >= 0.3 is 0 Å².